The minimum absolute atomic E-state index is 0.0300. The highest BCUT2D eigenvalue weighted by molar-refractivity contribution is 7.47. The van der Waals surface area contributed by atoms with Gasteiger partial charge in [-0.2, -0.15) is 0 Å². The zero-order chi connectivity index (χ0) is 58.4. The first-order valence-corrected chi connectivity index (χ1v) is 35.5. The summed E-state index contributed by atoms with van der Waals surface area (Å²) in [5, 5.41) is 0. The van der Waals surface area contributed by atoms with Crippen LogP contribution in [0.25, 0.3) is 0 Å². The Balaban J connectivity index is 3.88. The molecule has 0 rings (SSSR count). The first-order valence-electron chi connectivity index (χ1n) is 34.0. The summed E-state index contributed by atoms with van der Waals surface area (Å²) >= 11 is 0. The highest BCUT2D eigenvalue weighted by Gasteiger charge is 2.27. The summed E-state index contributed by atoms with van der Waals surface area (Å²) in [5.74, 6) is -0.802. The number of carbonyl (C=O) groups excluding carboxylic acids is 2. The lowest BCUT2D eigenvalue weighted by Crippen LogP contribution is -2.37. The van der Waals surface area contributed by atoms with Crippen molar-refractivity contribution in [3.63, 3.8) is 0 Å². The van der Waals surface area contributed by atoms with Crippen molar-refractivity contribution in [1.82, 2.24) is 0 Å². The van der Waals surface area contributed by atoms with Crippen molar-refractivity contribution in [2.24, 2.45) is 0 Å². The van der Waals surface area contributed by atoms with E-state index in [1.165, 1.54) is 218 Å². The highest BCUT2D eigenvalue weighted by Crippen LogP contribution is 2.43. The number of allylic oxidation sites excluding steroid dienone is 10. The predicted molar refractivity (Wildman–Crippen MR) is 344 cm³/mol. The molecule has 0 saturated carbocycles. The lowest BCUT2D eigenvalue weighted by molar-refractivity contribution is -0.870. The van der Waals surface area contributed by atoms with Crippen LogP contribution in [-0.4, -0.2) is 74.9 Å². The second kappa shape index (κ2) is 61.3. The van der Waals surface area contributed by atoms with Gasteiger partial charge in [-0.15, -0.1) is 0 Å². The zero-order valence-electron chi connectivity index (χ0n) is 53.3. The molecule has 0 fully saturated rings. The molecule has 2 unspecified atom stereocenters. The van der Waals surface area contributed by atoms with Crippen LogP contribution in [0, 0.1) is 0 Å². The standard InChI is InChI=1S/C70H130NO8P/c1-6-8-10-12-14-16-18-20-22-23-24-25-26-27-28-29-30-31-32-33-34-35-36-37-38-39-40-41-42-43-44-45-46-47-49-51-53-55-57-59-61-63-70(73)79-68(67-78-80(74,75)77-65-64-71(3,4)5)66-76-69(72)62-60-58-56-54-52-50-48-21-19-17-15-13-11-9-7-2/h15,17-18,20-21,23-24,26-27,48,68H,6-14,16,19,22,25,28-47,49-67H2,1-5H3/p+1/b17-15-,20-18-,24-23-,27-26-,48-21-. The molecule has 0 amide bonds. The van der Waals surface area contributed by atoms with Crippen molar-refractivity contribution in [2.45, 2.75) is 328 Å². The van der Waals surface area contributed by atoms with Crippen molar-refractivity contribution in [3.05, 3.63) is 60.8 Å². The lowest BCUT2D eigenvalue weighted by Gasteiger charge is -2.24. The van der Waals surface area contributed by atoms with Crippen LogP contribution >= 0.6 is 7.82 Å². The molecule has 0 saturated heterocycles. The normalized spacial score (nSPS) is 13.5. The second-order valence-electron chi connectivity index (χ2n) is 24.2. The summed E-state index contributed by atoms with van der Waals surface area (Å²) in [6, 6.07) is 0. The summed E-state index contributed by atoms with van der Waals surface area (Å²) in [6.07, 6.45) is 80.6. The molecule has 0 aliphatic heterocycles. The summed E-state index contributed by atoms with van der Waals surface area (Å²) in [6.45, 7) is 4.41. The molecule has 0 aromatic heterocycles. The molecule has 0 aliphatic carbocycles. The third kappa shape index (κ3) is 64.9. The molecule has 9 nitrogen and oxygen atoms in total. The van der Waals surface area contributed by atoms with Gasteiger partial charge in [-0.3, -0.25) is 18.6 Å². The van der Waals surface area contributed by atoms with E-state index in [2.05, 4.69) is 74.6 Å². The smallest absolute Gasteiger partial charge is 0.462 e. The third-order valence-electron chi connectivity index (χ3n) is 15.0. The number of unbranched alkanes of at least 4 members (excludes halogenated alkanes) is 39. The average Bonchev–Trinajstić information content (AvgIpc) is 3.42. The molecular formula is C70H131NO8P+. The number of carbonyl (C=O) groups is 2. The Morgan fingerprint density at radius 1 is 0.388 bits per heavy atom. The highest BCUT2D eigenvalue weighted by atomic mass is 31.2. The first kappa shape index (κ1) is 77.7. The summed E-state index contributed by atoms with van der Waals surface area (Å²) in [5.41, 5.74) is 0. The number of phosphoric ester groups is 1. The van der Waals surface area contributed by atoms with Crippen LogP contribution in [0.4, 0.5) is 0 Å². The van der Waals surface area contributed by atoms with Gasteiger partial charge in [-0.25, -0.2) is 4.57 Å². The molecule has 0 heterocycles. The molecule has 2 atom stereocenters. The molecular weight excluding hydrogens is 1010 g/mol. The zero-order valence-corrected chi connectivity index (χ0v) is 54.2. The summed E-state index contributed by atoms with van der Waals surface area (Å²) in [4.78, 5) is 35.7. The Hall–Kier alpha value is -2.29. The van der Waals surface area contributed by atoms with Crippen molar-refractivity contribution in [2.75, 3.05) is 47.5 Å². The topological polar surface area (TPSA) is 108 Å². The number of esters is 2. The number of likely N-dealkylation sites (N-methyl/N-ethyl adjacent to an activating group) is 1. The quantitative estimate of drug-likeness (QED) is 0.0211. The van der Waals surface area contributed by atoms with Gasteiger partial charge in [0.1, 0.15) is 19.8 Å². The molecule has 0 aromatic carbocycles. The van der Waals surface area contributed by atoms with Gasteiger partial charge in [0.25, 0.3) is 0 Å². The predicted octanol–water partition coefficient (Wildman–Crippen LogP) is 21.8. The van der Waals surface area contributed by atoms with E-state index in [1.54, 1.807) is 0 Å². The van der Waals surface area contributed by atoms with E-state index >= 15 is 0 Å². The SMILES string of the molecule is CCCCC/C=C\C/C=C\CCCCCCCC(=O)OCC(COP(=O)(O)OCC[N+](C)(C)C)OC(=O)CCCCCCCCCCCCCCCCCCCCCCCCCCCC/C=C\C/C=C\C/C=C\CCCCCCC. The summed E-state index contributed by atoms with van der Waals surface area (Å²) in [7, 11) is 1.48. The van der Waals surface area contributed by atoms with Crippen molar-refractivity contribution >= 4 is 19.8 Å². The van der Waals surface area contributed by atoms with Gasteiger partial charge in [0.15, 0.2) is 6.10 Å². The van der Waals surface area contributed by atoms with E-state index < -0.39 is 26.5 Å². The van der Waals surface area contributed by atoms with Crippen LogP contribution in [0.15, 0.2) is 60.8 Å². The Morgan fingerprint density at radius 3 is 1.02 bits per heavy atom. The number of quaternary nitrogens is 1. The lowest BCUT2D eigenvalue weighted by atomic mass is 10.0. The van der Waals surface area contributed by atoms with Crippen LogP contribution in [0.2, 0.25) is 0 Å². The van der Waals surface area contributed by atoms with Crippen LogP contribution < -0.4 is 0 Å². The molecule has 10 heteroatoms. The fraction of sp³-hybridized carbons (Fsp3) is 0.829. The number of hydrogen-bond donors (Lipinski definition) is 1. The van der Waals surface area contributed by atoms with Crippen LogP contribution in [-0.2, 0) is 32.7 Å². The van der Waals surface area contributed by atoms with E-state index in [0.29, 0.717) is 17.4 Å². The molecule has 80 heavy (non-hydrogen) atoms. The molecule has 0 aromatic rings. The summed E-state index contributed by atoms with van der Waals surface area (Å²) < 4.78 is 34.6. The third-order valence-corrected chi connectivity index (χ3v) is 16.0. The van der Waals surface area contributed by atoms with E-state index in [9.17, 15) is 19.0 Å². The number of rotatable bonds is 63. The Bertz CT molecular complexity index is 1530. The van der Waals surface area contributed by atoms with Crippen LogP contribution in [0.5, 0.6) is 0 Å². The maximum atomic E-state index is 12.8. The molecule has 0 spiro atoms. The number of hydrogen-bond acceptors (Lipinski definition) is 7. The van der Waals surface area contributed by atoms with Gasteiger partial charge in [-0.1, -0.05) is 286 Å². The van der Waals surface area contributed by atoms with Gasteiger partial charge in [-0.05, 0) is 83.5 Å². The minimum Gasteiger partial charge on any atom is -0.462 e. The molecule has 1 N–H and O–H groups in total. The van der Waals surface area contributed by atoms with Gasteiger partial charge in [0.2, 0.25) is 0 Å². The second-order valence-corrected chi connectivity index (χ2v) is 25.7. The molecule has 0 radical (unpaired) electrons. The van der Waals surface area contributed by atoms with E-state index in [-0.39, 0.29) is 32.0 Å². The van der Waals surface area contributed by atoms with Crippen molar-refractivity contribution in [1.29, 1.82) is 0 Å². The number of phosphoric acid groups is 1. The number of ether oxygens (including phenoxy) is 2. The molecule has 468 valence electrons. The molecule has 0 aliphatic rings. The Kier molecular flexibility index (Phi) is 59.5. The van der Waals surface area contributed by atoms with Crippen LogP contribution in [0.3, 0.4) is 0 Å². The van der Waals surface area contributed by atoms with E-state index in [0.717, 1.165) is 70.6 Å². The monoisotopic (exact) mass is 1140 g/mol. The van der Waals surface area contributed by atoms with E-state index in [1.807, 2.05) is 21.1 Å². The first-order chi connectivity index (χ1) is 39.0. The van der Waals surface area contributed by atoms with E-state index in [4.69, 9.17) is 18.5 Å². The van der Waals surface area contributed by atoms with Gasteiger partial charge < -0.3 is 18.9 Å². The van der Waals surface area contributed by atoms with Crippen molar-refractivity contribution < 1.29 is 42.1 Å². The van der Waals surface area contributed by atoms with Crippen molar-refractivity contribution in [3.8, 4) is 0 Å². The maximum Gasteiger partial charge on any atom is 0.472 e. The van der Waals surface area contributed by atoms with Crippen LogP contribution in [0.1, 0.15) is 322 Å². The minimum atomic E-state index is -4.39. The van der Waals surface area contributed by atoms with Gasteiger partial charge >= 0.3 is 19.8 Å². The van der Waals surface area contributed by atoms with Gasteiger partial charge in [0, 0.05) is 12.8 Å². The Labute approximate surface area is 496 Å². The fourth-order valence-corrected chi connectivity index (χ4v) is 10.5. The largest absolute Gasteiger partial charge is 0.472 e. The molecule has 0 bridgehead atoms. The number of nitrogens with zero attached hydrogens (tertiary/aromatic N) is 1. The fourth-order valence-electron chi connectivity index (χ4n) is 9.76. The Morgan fingerprint density at radius 2 is 0.675 bits per heavy atom. The maximum absolute atomic E-state index is 12.8. The van der Waals surface area contributed by atoms with Gasteiger partial charge in [0.05, 0.1) is 27.7 Å². The average molecular weight is 1150 g/mol.